The summed E-state index contributed by atoms with van der Waals surface area (Å²) in [5.41, 5.74) is -0.136. The molecule has 0 spiro atoms. The van der Waals surface area contributed by atoms with Crippen LogP contribution in [0.15, 0.2) is 35.3 Å². The molecule has 1 heterocycles. The van der Waals surface area contributed by atoms with E-state index in [-0.39, 0.29) is 18.2 Å². The van der Waals surface area contributed by atoms with Gasteiger partial charge in [0.25, 0.3) is 11.5 Å². The molecule has 0 unspecified atom stereocenters. The van der Waals surface area contributed by atoms with E-state index in [0.29, 0.717) is 16.5 Å². The van der Waals surface area contributed by atoms with Gasteiger partial charge in [0, 0.05) is 12.2 Å². The molecule has 1 aromatic carbocycles. The van der Waals surface area contributed by atoms with Gasteiger partial charge in [0.05, 0.1) is 10.7 Å². The summed E-state index contributed by atoms with van der Waals surface area (Å²) in [5.74, 6) is -0.519. The van der Waals surface area contributed by atoms with Crippen LogP contribution in [0.2, 0.25) is 5.02 Å². The minimum Gasteiger partial charge on any atom is -0.349 e. The molecular weight excluding hydrogens is 368 g/mol. The van der Waals surface area contributed by atoms with Crippen molar-refractivity contribution in [1.82, 2.24) is 14.9 Å². The van der Waals surface area contributed by atoms with E-state index in [1.54, 1.807) is 31.2 Å². The molecule has 3 rings (SSSR count). The molecule has 0 atom stereocenters. The number of hydrogen-bond donors (Lipinski definition) is 2. The zero-order chi connectivity index (χ0) is 19.4. The second-order valence-corrected chi connectivity index (χ2v) is 7.00. The Bertz CT molecular complexity index is 919. The van der Waals surface area contributed by atoms with E-state index in [4.69, 9.17) is 11.6 Å². The van der Waals surface area contributed by atoms with Crippen LogP contribution in [0, 0.1) is 6.92 Å². The number of rotatable bonds is 5. The van der Waals surface area contributed by atoms with Gasteiger partial charge >= 0.3 is 0 Å². The highest BCUT2D eigenvalue weighted by molar-refractivity contribution is 6.33. The first kappa shape index (κ1) is 19.1. The van der Waals surface area contributed by atoms with Gasteiger partial charge in [0.1, 0.15) is 17.9 Å². The van der Waals surface area contributed by atoms with Crippen molar-refractivity contribution in [3.8, 4) is 0 Å². The van der Waals surface area contributed by atoms with Crippen LogP contribution in [0.3, 0.4) is 0 Å². The van der Waals surface area contributed by atoms with Crippen molar-refractivity contribution in [2.24, 2.45) is 0 Å². The van der Waals surface area contributed by atoms with Crippen molar-refractivity contribution >= 4 is 29.1 Å². The molecule has 2 amide bonds. The van der Waals surface area contributed by atoms with E-state index in [2.05, 4.69) is 15.6 Å². The molecule has 2 aromatic rings. The molecule has 1 aliphatic rings. The molecule has 0 saturated heterocycles. The summed E-state index contributed by atoms with van der Waals surface area (Å²) in [7, 11) is 0. The van der Waals surface area contributed by atoms with E-state index < -0.39 is 17.4 Å². The largest absolute Gasteiger partial charge is 0.349 e. The number of hydrogen-bond acceptors (Lipinski definition) is 4. The monoisotopic (exact) mass is 388 g/mol. The zero-order valence-corrected chi connectivity index (χ0v) is 15.8. The second kappa shape index (κ2) is 8.35. The summed E-state index contributed by atoms with van der Waals surface area (Å²) in [6.07, 6.45) is 5.25. The van der Waals surface area contributed by atoms with Gasteiger partial charge in [-0.2, -0.15) is 0 Å². The lowest BCUT2D eigenvalue weighted by Gasteiger charge is -2.14. The van der Waals surface area contributed by atoms with Crippen molar-refractivity contribution in [2.75, 3.05) is 5.32 Å². The van der Waals surface area contributed by atoms with Gasteiger partial charge in [-0.05, 0) is 31.9 Å². The minimum atomic E-state index is -0.535. The smallest absolute Gasteiger partial charge is 0.266 e. The summed E-state index contributed by atoms with van der Waals surface area (Å²) >= 11 is 6.03. The zero-order valence-electron chi connectivity index (χ0n) is 15.0. The summed E-state index contributed by atoms with van der Waals surface area (Å²) < 4.78 is 1.19. The summed E-state index contributed by atoms with van der Waals surface area (Å²) in [6, 6.07) is 6.91. The Morgan fingerprint density at radius 2 is 1.96 bits per heavy atom. The molecule has 1 fully saturated rings. The van der Waals surface area contributed by atoms with Crippen molar-refractivity contribution < 1.29 is 9.59 Å². The number of aromatic nitrogens is 2. The third kappa shape index (κ3) is 4.54. The van der Waals surface area contributed by atoms with E-state index in [1.807, 2.05) is 0 Å². The predicted octanol–water partition coefficient (Wildman–Crippen LogP) is 2.52. The normalized spacial score (nSPS) is 14.1. The van der Waals surface area contributed by atoms with Crippen LogP contribution < -0.4 is 16.2 Å². The number of nitrogens with zero attached hydrogens (tertiary/aromatic N) is 2. The van der Waals surface area contributed by atoms with E-state index in [9.17, 15) is 14.4 Å². The van der Waals surface area contributed by atoms with Crippen LogP contribution in [0.4, 0.5) is 5.69 Å². The summed E-state index contributed by atoms with van der Waals surface area (Å²) in [6.45, 7) is 1.36. The number of para-hydroxylation sites is 1. The molecule has 2 N–H and O–H groups in total. The fourth-order valence-corrected chi connectivity index (χ4v) is 3.33. The molecule has 142 valence electrons. The lowest BCUT2D eigenvalue weighted by Crippen LogP contribution is -2.39. The number of benzene rings is 1. The van der Waals surface area contributed by atoms with Crippen LogP contribution in [-0.4, -0.2) is 27.4 Å². The van der Waals surface area contributed by atoms with Crippen molar-refractivity contribution in [1.29, 1.82) is 0 Å². The Morgan fingerprint density at radius 3 is 2.67 bits per heavy atom. The number of carbonyl (C=O) groups excluding carboxylic acids is 2. The molecule has 1 saturated carbocycles. The lowest BCUT2D eigenvalue weighted by atomic mass is 10.2. The third-order valence-electron chi connectivity index (χ3n) is 4.63. The standard InChI is InChI=1S/C19H21ClN4O3/c1-12-21-10-14(18(26)22-13-6-2-3-7-13)19(27)24(12)11-17(25)23-16-9-5-4-8-15(16)20/h4-5,8-10,13H,2-3,6-7,11H2,1H3,(H,22,26)(H,23,25). The Hall–Kier alpha value is -2.67. The first-order valence-electron chi connectivity index (χ1n) is 8.87. The number of carbonyl (C=O) groups is 2. The van der Waals surface area contributed by atoms with E-state index in [0.717, 1.165) is 25.7 Å². The highest BCUT2D eigenvalue weighted by Crippen LogP contribution is 2.20. The van der Waals surface area contributed by atoms with Crippen LogP contribution in [0.1, 0.15) is 41.9 Å². The maximum atomic E-state index is 12.7. The van der Waals surface area contributed by atoms with Gasteiger partial charge in [0.2, 0.25) is 5.91 Å². The molecule has 0 radical (unpaired) electrons. The molecule has 0 bridgehead atoms. The Labute approximate surface area is 161 Å². The number of aryl methyl sites for hydroxylation is 1. The van der Waals surface area contributed by atoms with Crippen molar-refractivity contribution in [3.63, 3.8) is 0 Å². The fraction of sp³-hybridized carbons (Fsp3) is 0.368. The maximum Gasteiger partial charge on any atom is 0.266 e. The average Bonchev–Trinajstić information content (AvgIpc) is 3.13. The first-order valence-corrected chi connectivity index (χ1v) is 9.25. The van der Waals surface area contributed by atoms with Gasteiger partial charge in [-0.15, -0.1) is 0 Å². The third-order valence-corrected chi connectivity index (χ3v) is 4.96. The quantitative estimate of drug-likeness (QED) is 0.823. The molecule has 0 aliphatic heterocycles. The van der Waals surface area contributed by atoms with E-state index >= 15 is 0 Å². The van der Waals surface area contributed by atoms with Gasteiger partial charge in [-0.1, -0.05) is 36.6 Å². The topological polar surface area (TPSA) is 93.1 Å². The number of anilines is 1. The Kier molecular flexibility index (Phi) is 5.91. The number of halogens is 1. The van der Waals surface area contributed by atoms with Gasteiger partial charge in [-0.3, -0.25) is 19.0 Å². The van der Waals surface area contributed by atoms with Crippen LogP contribution in [0.25, 0.3) is 0 Å². The molecule has 1 aliphatic carbocycles. The van der Waals surface area contributed by atoms with Crippen LogP contribution in [0.5, 0.6) is 0 Å². The predicted molar refractivity (Wildman–Crippen MR) is 103 cm³/mol. The molecule has 27 heavy (non-hydrogen) atoms. The Morgan fingerprint density at radius 1 is 1.26 bits per heavy atom. The molecular formula is C19H21ClN4O3. The van der Waals surface area contributed by atoms with E-state index in [1.165, 1.54) is 10.8 Å². The number of nitrogens with one attached hydrogen (secondary N) is 2. The van der Waals surface area contributed by atoms with Crippen LogP contribution in [-0.2, 0) is 11.3 Å². The molecule has 1 aromatic heterocycles. The van der Waals surface area contributed by atoms with Gasteiger partial charge < -0.3 is 10.6 Å². The summed E-state index contributed by atoms with van der Waals surface area (Å²) in [4.78, 5) is 41.6. The summed E-state index contributed by atoms with van der Waals surface area (Å²) in [5, 5.41) is 5.94. The minimum absolute atomic E-state index is 0.0574. The maximum absolute atomic E-state index is 12.7. The highest BCUT2D eigenvalue weighted by atomic mass is 35.5. The molecule has 8 heteroatoms. The average molecular weight is 389 g/mol. The number of amides is 2. The first-order chi connectivity index (χ1) is 13.0. The second-order valence-electron chi connectivity index (χ2n) is 6.59. The molecule has 7 nitrogen and oxygen atoms in total. The van der Waals surface area contributed by atoms with Crippen molar-refractivity contribution in [2.45, 2.75) is 45.2 Å². The Balaban J connectivity index is 1.76. The van der Waals surface area contributed by atoms with Gasteiger partial charge in [-0.25, -0.2) is 4.98 Å². The lowest BCUT2D eigenvalue weighted by molar-refractivity contribution is -0.116. The van der Waals surface area contributed by atoms with Crippen LogP contribution >= 0.6 is 11.6 Å². The van der Waals surface area contributed by atoms with Crippen molar-refractivity contribution in [3.05, 3.63) is 57.2 Å². The highest BCUT2D eigenvalue weighted by Gasteiger charge is 2.21. The SMILES string of the molecule is Cc1ncc(C(=O)NC2CCCC2)c(=O)n1CC(=O)Nc1ccccc1Cl. The fourth-order valence-electron chi connectivity index (χ4n) is 3.15. The van der Waals surface area contributed by atoms with Gasteiger partial charge in [0.15, 0.2) is 0 Å².